The van der Waals surface area contributed by atoms with Gasteiger partial charge in [0.05, 0.1) is 11.9 Å². The van der Waals surface area contributed by atoms with E-state index in [4.69, 9.17) is 0 Å². The van der Waals surface area contributed by atoms with Crippen molar-refractivity contribution in [2.75, 3.05) is 26.5 Å². The Morgan fingerprint density at radius 1 is 1.47 bits per heavy atom. The number of anilines is 1. The Bertz CT molecular complexity index is 427. The zero-order valence-corrected chi connectivity index (χ0v) is 10.5. The molecule has 1 aliphatic rings. The van der Waals surface area contributed by atoms with Crippen LogP contribution in [0, 0.1) is 0 Å². The summed E-state index contributed by atoms with van der Waals surface area (Å²) in [4.78, 5) is 22.3. The first-order chi connectivity index (χ1) is 8.13. The summed E-state index contributed by atoms with van der Waals surface area (Å²) in [5, 5.41) is 2.91. The molecular weight excluding hydrogens is 216 g/mol. The van der Waals surface area contributed by atoms with Crippen molar-refractivity contribution in [2.24, 2.45) is 0 Å². The maximum Gasteiger partial charge on any atom is 0.275 e. The lowest BCUT2D eigenvalue weighted by atomic mass is 9.83. The molecule has 0 saturated heterocycles. The van der Waals surface area contributed by atoms with Crippen molar-refractivity contribution >= 4 is 11.7 Å². The van der Waals surface area contributed by atoms with Crippen LogP contribution in [0.5, 0.6) is 0 Å². The molecule has 17 heavy (non-hydrogen) atoms. The van der Waals surface area contributed by atoms with Crippen LogP contribution in [0.25, 0.3) is 0 Å². The summed E-state index contributed by atoms with van der Waals surface area (Å²) < 4.78 is 0. The third-order valence-corrected chi connectivity index (χ3v) is 3.16. The second-order valence-corrected chi connectivity index (χ2v) is 4.57. The standard InChI is InChI=1S/C12H18N4O/c1-13-11-10(12(17)16(2)3)15-9(7-14-11)8-5-4-6-8/h7-8H,4-6H2,1-3H3,(H,13,14). The molecule has 1 heterocycles. The second kappa shape index (κ2) is 4.69. The van der Waals surface area contributed by atoms with Crippen LogP contribution in [0.2, 0.25) is 0 Å². The third-order valence-electron chi connectivity index (χ3n) is 3.16. The summed E-state index contributed by atoms with van der Waals surface area (Å²) in [6, 6.07) is 0. The lowest BCUT2D eigenvalue weighted by molar-refractivity contribution is 0.0822. The summed E-state index contributed by atoms with van der Waals surface area (Å²) in [5.41, 5.74) is 1.36. The highest BCUT2D eigenvalue weighted by Crippen LogP contribution is 2.35. The molecule has 0 aliphatic heterocycles. The van der Waals surface area contributed by atoms with E-state index in [1.54, 1.807) is 27.3 Å². The van der Waals surface area contributed by atoms with Crippen molar-refractivity contribution in [3.8, 4) is 0 Å². The fourth-order valence-corrected chi connectivity index (χ4v) is 1.85. The molecule has 5 nitrogen and oxygen atoms in total. The van der Waals surface area contributed by atoms with Gasteiger partial charge in [-0.25, -0.2) is 9.97 Å². The Labute approximate surface area is 101 Å². The number of rotatable bonds is 3. The van der Waals surface area contributed by atoms with Crippen LogP contribution in [0.4, 0.5) is 5.82 Å². The molecule has 92 valence electrons. The lowest BCUT2D eigenvalue weighted by Crippen LogP contribution is -2.25. The zero-order valence-electron chi connectivity index (χ0n) is 10.5. The van der Waals surface area contributed by atoms with Crippen molar-refractivity contribution in [1.29, 1.82) is 0 Å². The first-order valence-corrected chi connectivity index (χ1v) is 5.90. The van der Waals surface area contributed by atoms with Gasteiger partial charge in [0.25, 0.3) is 5.91 Å². The molecule has 5 heteroatoms. The first-order valence-electron chi connectivity index (χ1n) is 5.90. The molecule has 0 atom stereocenters. The lowest BCUT2D eigenvalue weighted by Gasteiger charge is -2.25. The molecule has 0 aromatic carbocycles. The van der Waals surface area contributed by atoms with Gasteiger partial charge < -0.3 is 10.2 Å². The van der Waals surface area contributed by atoms with Crippen LogP contribution in [-0.4, -0.2) is 41.9 Å². The van der Waals surface area contributed by atoms with Crippen molar-refractivity contribution in [3.63, 3.8) is 0 Å². The minimum absolute atomic E-state index is 0.108. The zero-order chi connectivity index (χ0) is 12.4. The Morgan fingerprint density at radius 2 is 2.18 bits per heavy atom. The summed E-state index contributed by atoms with van der Waals surface area (Å²) in [6.07, 6.45) is 5.34. The molecule has 1 aromatic rings. The molecule has 0 bridgehead atoms. The van der Waals surface area contributed by atoms with Crippen LogP contribution >= 0.6 is 0 Å². The number of hydrogen-bond acceptors (Lipinski definition) is 4. The number of hydrogen-bond donors (Lipinski definition) is 1. The van der Waals surface area contributed by atoms with E-state index in [-0.39, 0.29) is 5.91 Å². The van der Waals surface area contributed by atoms with E-state index in [0.717, 1.165) is 18.5 Å². The Morgan fingerprint density at radius 3 is 2.65 bits per heavy atom. The van der Waals surface area contributed by atoms with Gasteiger partial charge in [0.2, 0.25) is 0 Å². The van der Waals surface area contributed by atoms with Gasteiger partial charge in [-0.15, -0.1) is 0 Å². The van der Waals surface area contributed by atoms with E-state index in [0.29, 0.717) is 17.4 Å². The number of carbonyl (C=O) groups is 1. The normalized spacial score (nSPS) is 15.2. The first kappa shape index (κ1) is 11.8. The number of aromatic nitrogens is 2. The molecule has 0 radical (unpaired) electrons. The largest absolute Gasteiger partial charge is 0.371 e. The average Bonchev–Trinajstić information content (AvgIpc) is 2.25. The van der Waals surface area contributed by atoms with Crippen LogP contribution in [-0.2, 0) is 0 Å². The predicted octanol–water partition coefficient (Wildman–Crippen LogP) is 1.49. The molecule has 1 aromatic heterocycles. The van der Waals surface area contributed by atoms with E-state index in [2.05, 4.69) is 15.3 Å². The van der Waals surface area contributed by atoms with Crippen molar-refractivity contribution in [1.82, 2.24) is 14.9 Å². The minimum atomic E-state index is -0.108. The highest BCUT2D eigenvalue weighted by atomic mass is 16.2. The van der Waals surface area contributed by atoms with Crippen LogP contribution in [0.3, 0.4) is 0 Å². The Hall–Kier alpha value is -1.65. The highest BCUT2D eigenvalue weighted by Gasteiger charge is 2.24. The van der Waals surface area contributed by atoms with Gasteiger partial charge in [0, 0.05) is 27.1 Å². The maximum absolute atomic E-state index is 12.0. The molecule has 0 unspecified atom stereocenters. The van der Waals surface area contributed by atoms with Crippen LogP contribution in [0.15, 0.2) is 6.20 Å². The molecular formula is C12H18N4O. The van der Waals surface area contributed by atoms with Gasteiger partial charge in [-0.1, -0.05) is 6.42 Å². The monoisotopic (exact) mass is 234 g/mol. The fourth-order valence-electron chi connectivity index (χ4n) is 1.85. The van der Waals surface area contributed by atoms with E-state index < -0.39 is 0 Å². The van der Waals surface area contributed by atoms with Gasteiger partial charge in [0.15, 0.2) is 11.5 Å². The number of carbonyl (C=O) groups excluding carboxylic acids is 1. The summed E-state index contributed by atoms with van der Waals surface area (Å²) >= 11 is 0. The molecule has 0 spiro atoms. The smallest absolute Gasteiger partial charge is 0.275 e. The van der Waals surface area contributed by atoms with Gasteiger partial charge in [-0.2, -0.15) is 0 Å². The molecule has 1 fully saturated rings. The van der Waals surface area contributed by atoms with E-state index in [1.165, 1.54) is 11.3 Å². The summed E-state index contributed by atoms with van der Waals surface area (Å²) in [5.74, 6) is 0.928. The fraction of sp³-hybridized carbons (Fsp3) is 0.583. The Kier molecular flexibility index (Phi) is 3.26. The van der Waals surface area contributed by atoms with Crippen molar-refractivity contribution in [3.05, 3.63) is 17.6 Å². The summed E-state index contributed by atoms with van der Waals surface area (Å²) in [7, 11) is 5.19. The van der Waals surface area contributed by atoms with Crippen molar-refractivity contribution in [2.45, 2.75) is 25.2 Å². The topological polar surface area (TPSA) is 58.1 Å². The van der Waals surface area contributed by atoms with Crippen LogP contribution in [0.1, 0.15) is 41.4 Å². The van der Waals surface area contributed by atoms with E-state index >= 15 is 0 Å². The quantitative estimate of drug-likeness (QED) is 0.860. The third kappa shape index (κ3) is 2.23. The molecule has 1 aliphatic carbocycles. The van der Waals surface area contributed by atoms with Gasteiger partial charge in [-0.3, -0.25) is 4.79 Å². The summed E-state index contributed by atoms with van der Waals surface area (Å²) in [6.45, 7) is 0. The van der Waals surface area contributed by atoms with E-state index in [9.17, 15) is 4.79 Å². The van der Waals surface area contributed by atoms with Gasteiger partial charge in [0.1, 0.15) is 0 Å². The Balaban J connectivity index is 2.35. The molecule has 1 saturated carbocycles. The average molecular weight is 234 g/mol. The second-order valence-electron chi connectivity index (χ2n) is 4.57. The van der Waals surface area contributed by atoms with E-state index in [1.807, 2.05) is 0 Å². The maximum atomic E-state index is 12.0. The molecule has 1 amide bonds. The minimum Gasteiger partial charge on any atom is -0.371 e. The van der Waals surface area contributed by atoms with Crippen LogP contribution < -0.4 is 5.32 Å². The molecule has 1 N–H and O–H groups in total. The van der Waals surface area contributed by atoms with Crippen molar-refractivity contribution < 1.29 is 4.79 Å². The SMILES string of the molecule is CNc1ncc(C2CCC2)nc1C(=O)N(C)C. The molecule has 2 rings (SSSR count). The number of nitrogens with one attached hydrogen (secondary N) is 1. The number of amides is 1. The predicted molar refractivity (Wildman–Crippen MR) is 66.2 cm³/mol. The van der Waals surface area contributed by atoms with Gasteiger partial charge in [-0.05, 0) is 12.8 Å². The number of nitrogens with zero attached hydrogens (tertiary/aromatic N) is 3. The highest BCUT2D eigenvalue weighted by molar-refractivity contribution is 5.96. The van der Waals surface area contributed by atoms with Gasteiger partial charge >= 0.3 is 0 Å².